The number of carbonyl (C=O) groups is 1. The second-order valence-electron chi connectivity index (χ2n) is 3.79. The SMILES string of the molecule is Cc1cc(OCCC(C)C(=O)O)ccc1Cl. The lowest BCUT2D eigenvalue weighted by Crippen LogP contribution is -2.13. The number of benzene rings is 1. The van der Waals surface area contributed by atoms with E-state index < -0.39 is 5.97 Å². The van der Waals surface area contributed by atoms with E-state index in [0.717, 1.165) is 11.3 Å². The first-order valence-corrected chi connectivity index (χ1v) is 5.50. The molecule has 0 aliphatic carbocycles. The van der Waals surface area contributed by atoms with E-state index in [0.29, 0.717) is 18.1 Å². The summed E-state index contributed by atoms with van der Waals surface area (Å²) in [7, 11) is 0. The Balaban J connectivity index is 2.43. The number of aliphatic carboxylic acids is 1. The van der Waals surface area contributed by atoms with Gasteiger partial charge in [0.25, 0.3) is 0 Å². The van der Waals surface area contributed by atoms with Gasteiger partial charge < -0.3 is 9.84 Å². The van der Waals surface area contributed by atoms with Crippen molar-refractivity contribution in [1.29, 1.82) is 0 Å². The molecule has 16 heavy (non-hydrogen) atoms. The zero-order valence-corrected chi connectivity index (χ0v) is 10.1. The number of carboxylic acids is 1. The molecule has 0 amide bonds. The van der Waals surface area contributed by atoms with Crippen molar-refractivity contribution in [2.75, 3.05) is 6.61 Å². The highest BCUT2D eigenvalue weighted by Gasteiger charge is 2.10. The quantitative estimate of drug-likeness (QED) is 0.863. The van der Waals surface area contributed by atoms with Crippen LogP contribution in [0.3, 0.4) is 0 Å². The van der Waals surface area contributed by atoms with Crippen LogP contribution in [0.4, 0.5) is 0 Å². The van der Waals surface area contributed by atoms with Crippen LogP contribution in [-0.2, 0) is 4.79 Å². The van der Waals surface area contributed by atoms with Gasteiger partial charge in [0.05, 0.1) is 12.5 Å². The fourth-order valence-electron chi connectivity index (χ4n) is 1.18. The highest BCUT2D eigenvalue weighted by Crippen LogP contribution is 2.21. The summed E-state index contributed by atoms with van der Waals surface area (Å²) in [6.45, 7) is 3.96. The molecule has 1 aromatic carbocycles. The van der Waals surface area contributed by atoms with Crippen LogP contribution in [0.1, 0.15) is 18.9 Å². The van der Waals surface area contributed by atoms with Gasteiger partial charge in [-0.05, 0) is 37.1 Å². The highest BCUT2D eigenvalue weighted by atomic mass is 35.5. The summed E-state index contributed by atoms with van der Waals surface area (Å²) in [6.07, 6.45) is 0.497. The fourth-order valence-corrected chi connectivity index (χ4v) is 1.30. The molecule has 0 heterocycles. The molecule has 0 aliphatic rings. The van der Waals surface area contributed by atoms with E-state index in [2.05, 4.69) is 0 Å². The van der Waals surface area contributed by atoms with E-state index in [-0.39, 0.29) is 5.92 Å². The maximum atomic E-state index is 10.6. The van der Waals surface area contributed by atoms with Crippen LogP contribution in [-0.4, -0.2) is 17.7 Å². The number of rotatable bonds is 5. The molecule has 0 saturated carbocycles. The maximum absolute atomic E-state index is 10.6. The number of aryl methyl sites for hydroxylation is 1. The Morgan fingerprint density at radius 3 is 2.81 bits per heavy atom. The predicted octanol–water partition coefficient (Wildman–Crippen LogP) is 3.14. The topological polar surface area (TPSA) is 46.5 Å². The minimum absolute atomic E-state index is 0.381. The number of hydrogen-bond acceptors (Lipinski definition) is 2. The van der Waals surface area contributed by atoms with Crippen LogP contribution < -0.4 is 4.74 Å². The average molecular weight is 243 g/mol. The molecule has 0 radical (unpaired) electrons. The molecule has 0 aromatic heterocycles. The molecule has 1 atom stereocenters. The van der Waals surface area contributed by atoms with Crippen molar-refractivity contribution in [2.45, 2.75) is 20.3 Å². The lowest BCUT2D eigenvalue weighted by molar-refractivity contribution is -0.141. The van der Waals surface area contributed by atoms with Gasteiger partial charge in [0, 0.05) is 5.02 Å². The summed E-state index contributed by atoms with van der Waals surface area (Å²) in [6, 6.07) is 5.39. The number of halogens is 1. The van der Waals surface area contributed by atoms with Gasteiger partial charge in [0.15, 0.2) is 0 Å². The smallest absolute Gasteiger partial charge is 0.306 e. The highest BCUT2D eigenvalue weighted by molar-refractivity contribution is 6.31. The van der Waals surface area contributed by atoms with Gasteiger partial charge in [-0.2, -0.15) is 0 Å². The third kappa shape index (κ3) is 3.74. The van der Waals surface area contributed by atoms with Gasteiger partial charge in [-0.1, -0.05) is 18.5 Å². The Morgan fingerprint density at radius 2 is 2.25 bits per heavy atom. The Labute approximate surface area is 100.0 Å². The average Bonchev–Trinajstić information content (AvgIpc) is 2.23. The van der Waals surface area contributed by atoms with E-state index in [1.165, 1.54) is 0 Å². The zero-order valence-electron chi connectivity index (χ0n) is 9.37. The molecule has 1 N–H and O–H groups in total. The van der Waals surface area contributed by atoms with E-state index >= 15 is 0 Å². The summed E-state index contributed by atoms with van der Waals surface area (Å²) in [5.41, 5.74) is 0.949. The summed E-state index contributed by atoms with van der Waals surface area (Å²) >= 11 is 5.87. The normalized spacial score (nSPS) is 12.2. The molecule has 88 valence electrons. The molecular weight excluding hydrogens is 228 g/mol. The molecule has 0 aliphatic heterocycles. The van der Waals surface area contributed by atoms with Gasteiger partial charge in [-0.25, -0.2) is 0 Å². The van der Waals surface area contributed by atoms with E-state index in [1.807, 2.05) is 13.0 Å². The van der Waals surface area contributed by atoms with Gasteiger partial charge in [0.2, 0.25) is 0 Å². The Bertz CT molecular complexity index is 377. The standard InChI is InChI=1S/C12H15ClO3/c1-8(12(14)15)5-6-16-10-3-4-11(13)9(2)7-10/h3-4,7-8H,5-6H2,1-2H3,(H,14,15). The lowest BCUT2D eigenvalue weighted by atomic mass is 10.1. The molecule has 1 rings (SSSR count). The Kier molecular flexibility index (Phi) is 4.62. The van der Waals surface area contributed by atoms with Crippen molar-refractivity contribution in [3.05, 3.63) is 28.8 Å². The molecule has 3 nitrogen and oxygen atoms in total. The van der Waals surface area contributed by atoms with Gasteiger partial charge >= 0.3 is 5.97 Å². The van der Waals surface area contributed by atoms with Gasteiger partial charge in [-0.3, -0.25) is 4.79 Å². The van der Waals surface area contributed by atoms with Crippen molar-refractivity contribution in [1.82, 2.24) is 0 Å². The molecular formula is C12H15ClO3. The van der Waals surface area contributed by atoms with Crippen LogP contribution in [0.15, 0.2) is 18.2 Å². The van der Waals surface area contributed by atoms with Crippen molar-refractivity contribution >= 4 is 17.6 Å². The van der Waals surface area contributed by atoms with Crippen molar-refractivity contribution < 1.29 is 14.6 Å². The third-order valence-corrected chi connectivity index (χ3v) is 2.79. The molecule has 0 bridgehead atoms. The van der Waals surface area contributed by atoms with Crippen molar-refractivity contribution in [3.8, 4) is 5.75 Å². The lowest BCUT2D eigenvalue weighted by Gasteiger charge is -2.09. The number of hydrogen-bond donors (Lipinski definition) is 1. The summed E-state index contributed by atoms with van der Waals surface area (Å²) < 4.78 is 5.44. The van der Waals surface area contributed by atoms with Crippen LogP contribution in [0.25, 0.3) is 0 Å². The molecule has 0 spiro atoms. The van der Waals surface area contributed by atoms with Crippen LogP contribution >= 0.6 is 11.6 Å². The minimum atomic E-state index is -0.795. The third-order valence-electron chi connectivity index (χ3n) is 2.37. The monoisotopic (exact) mass is 242 g/mol. The Hall–Kier alpha value is -1.22. The molecule has 0 saturated heterocycles. The van der Waals surface area contributed by atoms with Crippen LogP contribution in [0.5, 0.6) is 5.75 Å². The first-order valence-electron chi connectivity index (χ1n) is 5.12. The van der Waals surface area contributed by atoms with Crippen LogP contribution in [0, 0.1) is 12.8 Å². The van der Waals surface area contributed by atoms with E-state index in [9.17, 15) is 4.79 Å². The number of ether oxygens (including phenoxy) is 1. The summed E-state index contributed by atoms with van der Waals surface area (Å²) in [4.78, 5) is 10.6. The Morgan fingerprint density at radius 1 is 1.56 bits per heavy atom. The molecule has 1 unspecified atom stereocenters. The summed E-state index contributed by atoms with van der Waals surface area (Å²) in [5, 5.41) is 9.39. The first-order chi connectivity index (χ1) is 7.50. The van der Waals surface area contributed by atoms with E-state index in [1.54, 1.807) is 19.1 Å². The van der Waals surface area contributed by atoms with Crippen molar-refractivity contribution in [2.24, 2.45) is 5.92 Å². The fraction of sp³-hybridized carbons (Fsp3) is 0.417. The predicted molar refractivity (Wildman–Crippen MR) is 63.1 cm³/mol. The first kappa shape index (κ1) is 12.8. The molecule has 1 aromatic rings. The number of carboxylic acid groups (broad SMARTS) is 1. The van der Waals surface area contributed by atoms with Gasteiger partial charge in [0.1, 0.15) is 5.75 Å². The minimum Gasteiger partial charge on any atom is -0.494 e. The second kappa shape index (κ2) is 5.75. The molecule has 4 heteroatoms. The van der Waals surface area contributed by atoms with Gasteiger partial charge in [-0.15, -0.1) is 0 Å². The van der Waals surface area contributed by atoms with Crippen molar-refractivity contribution in [3.63, 3.8) is 0 Å². The van der Waals surface area contributed by atoms with E-state index in [4.69, 9.17) is 21.4 Å². The summed E-state index contributed by atoms with van der Waals surface area (Å²) in [5.74, 6) is -0.455. The van der Waals surface area contributed by atoms with Crippen LogP contribution in [0.2, 0.25) is 5.02 Å². The second-order valence-corrected chi connectivity index (χ2v) is 4.19. The zero-order chi connectivity index (χ0) is 12.1. The maximum Gasteiger partial charge on any atom is 0.306 e. The largest absolute Gasteiger partial charge is 0.494 e. The molecule has 0 fully saturated rings.